The molecule has 124 valence electrons. The summed E-state index contributed by atoms with van der Waals surface area (Å²) in [5.41, 5.74) is 0.627. The molecule has 1 saturated carbocycles. The maximum atomic E-state index is 13.0. The monoisotopic (exact) mass is 318 g/mol. The summed E-state index contributed by atoms with van der Waals surface area (Å²) in [7, 11) is 0. The fourth-order valence-electron chi connectivity index (χ4n) is 3.23. The summed E-state index contributed by atoms with van der Waals surface area (Å²) in [4.78, 5) is 28.6. The van der Waals surface area contributed by atoms with Crippen molar-refractivity contribution in [1.82, 2.24) is 9.80 Å². The Morgan fingerprint density at radius 3 is 2.22 bits per heavy atom. The number of carbonyl (C=O) groups is 2. The average molecular weight is 318 g/mol. The van der Waals surface area contributed by atoms with Crippen LogP contribution in [0.3, 0.4) is 0 Å². The molecule has 4 nitrogen and oxygen atoms in total. The number of benzene rings is 1. The summed E-state index contributed by atoms with van der Waals surface area (Å²) in [5, 5.41) is 0. The predicted octanol–water partition coefficient (Wildman–Crippen LogP) is 2.55. The molecule has 2 fully saturated rings. The predicted molar refractivity (Wildman–Crippen MR) is 85.4 cm³/mol. The van der Waals surface area contributed by atoms with E-state index >= 15 is 0 Å². The minimum Gasteiger partial charge on any atom is -0.341 e. The standard InChI is InChI=1S/C18H23FN2O2/c1-18(2)12-15(18)17(23)21-9-3-8-20(10-11-21)16(22)13-4-6-14(19)7-5-13/h4-7,15H,3,8-12H2,1-2H3. The highest BCUT2D eigenvalue weighted by atomic mass is 19.1. The van der Waals surface area contributed by atoms with Crippen LogP contribution in [0.15, 0.2) is 24.3 Å². The third-order valence-corrected chi connectivity index (χ3v) is 5.00. The van der Waals surface area contributed by atoms with Crippen molar-refractivity contribution in [3.8, 4) is 0 Å². The van der Waals surface area contributed by atoms with Crippen LogP contribution in [-0.4, -0.2) is 47.8 Å². The summed E-state index contributed by atoms with van der Waals surface area (Å²) in [6.07, 6.45) is 1.74. The van der Waals surface area contributed by atoms with E-state index in [-0.39, 0.29) is 29.0 Å². The van der Waals surface area contributed by atoms with Gasteiger partial charge < -0.3 is 9.80 Å². The molecule has 0 radical (unpaired) electrons. The van der Waals surface area contributed by atoms with Crippen molar-refractivity contribution in [2.24, 2.45) is 11.3 Å². The second-order valence-electron chi connectivity index (χ2n) is 7.22. The van der Waals surface area contributed by atoms with Crippen LogP contribution in [0.2, 0.25) is 0 Å². The van der Waals surface area contributed by atoms with Crippen LogP contribution in [0.1, 0.15) is 37.0 Å². The third kappa shape index (κ3) is 3.38. The first kappa shape index (κ1) is 16.0. The first-order chi connectivity index (χ1) is 10.9. The minimum absolute atomic E-state index is 0.0916. The highest BCUT2D eigenvalue weighted by Crippen LogP contribution is 2.52. The zero-order valence-electron chi connectivity index (χ0n) is 13.7. The molecule has 1 aliphatic carbocycles. The van der Waals surface area contributed by atoms with Crippen molar-refractivity contribution >= 4 is 11.8 Å². The molecule has 0 N–H and O–H groups in total. The number of amides is 2. The lowest BCUT2D eigenvalue weighted by Gasteiger charge is -2.23. The van der Waals surface area contributed by atoms with Crippen molar-refractivity contribution in [3.05, 3.63) is 35.6 Å². The van der Waals surface area contributed by atoms with Crippen molar-refractivity contribution in [1.29, 1.82) is 0 Å². The normalized spacial score (nSPS) is 23.3. The maximum absolute atomic E-state index is 13.0. The molecule has 23 heavy (non-hydrogen) atoms. The molecule has 0 aromatic heterocycles. The maximum Gasteiger partial charge on any atom is 0.253 e. The van der Waals surface area contributed by atoms with Crippen molar-refractivity contribution < 1.29 is 14.0 Å². The lowest BCUT2D eigenvalue weighted by atomic mass is 10.1. The molecule has 1 heterocycles. The van der Waals surface area contributed by atoms with E-state index in [0.717, 1.165) is 12.8 Å². The summed E-state index contributed by atoms with van der Waals surface area (Å²) >= 11 is 0. The van der Waals surface area contributed by atoms with Crippen LogP contribution in [0.5, 0.6) is 0 Å². The highest BCUT2D eigenvalue weighted by molar-refractivity contribution is 5.94. The van der Waals surface area contributed by atoms with Crippen molar-refractivity contribution in [2.45, 2.75) is 26.7 Å². The minimum atomic E-state index is -0.346. The van der Waals surface area contributed by atoms with E-state index in [4.69, 9.17) is 0 Å². The highest BCUT2D eigenvalue weighted by Gasteiger charge is 2.51. The van der Waals surface area contributed by atoms with Gasteiger partial charge in [-0.05, 0) is 42.5 Å². The van der Waals surface area contributed by atoms with E-state index in [9.17, 15) is 14.0 Å². The SMILES string of the molecule is CC1(C)CC1C(=O)N1CCCN(C(=O)c2ccc(F)cc2)CC1. The van der Waals surface area contributed by atoms with Gasteiger partial charge in [0.15, 0.2) is 0 Å². The molecule has 5 heteroatoms. The van der Waals surface area contributed by atoms with Crippen molar-refractivity contribution in [3.63, 3.8) is 0 Å². The van der Waals surface area contributed by atoms with E-state index in [1.165, 1.54) is 24.3 Å². The lowest BCUT2D eigenvalue weighted by molar-refractivity contribution is -0.133. The molecule has 0 spiro atoms. The molecule has 2 aliphatic rings. The van der Waals surface area contributed by atoms with Gasteiger partial charge in [-0.25, -0.2) is 4.39 Å². The Morgan fingerprint density at radius 1 is 1.04 bits per heavy atom. The topological polar surface area (TPSA) is 40.6 Å². The quantitative estimate of drug-likeness (QED) is 0.841. The molecule has 1 unspecified atom stereocenters. The molecule has 1 saturated heterocycles. The molecule has 1 atom stereocenters. The molecule has 1 aromatic rings. The van der Waals surface area contributed by atoms with Gasteiger partial charge >= 0.3 is 0 Å². The number of nitrogens with zero attached hydrogens (tertiary/aromatic N) is 2. The van der Waals surface area contributed by atoms with Gasteiger partial charge in [-0.15, -0.1) is 0 Å². The Hall–Kier alpha value is -1.91. The molecular formula is C18H23FN2O2. The van der Waals surface area contributed by atoms with Crippen molar-refractivity contribution in [2.75, 3.05) is 26.2 Å². The first-order valence-corrected chi connectivity index (χ1v) is 8.22. The summed E-state index contributed by atoms with van der Waals surface area (Å²) in [6.45, 7) is 6.70. The van der Waals surface area contributed by atoms with E-state index in [1.54, 1.807) is 4.90 Å². The Balaban J connectivity index is 1.61. The average Bonchev–Trinajstić information content (AvgIpc) is 3.22. The van der Waals surface area contributed by atoms with Gasteiger partial charge in [-0.3, -0.25) is 9.59 Å². The third-order valence-electron chi connectivity index (χ3n) is 5.00. The summed E-state index contributed by atoms with van der Waals surface area (Å²) < 4.78 is 13.0. The number of halogens is 1. The van der Waals surface area contributed by atoms with Crippen LogP contribution in [-0.2, 0) is 4.79 Å². The Kier molecular flexibility index (Phi) is 4.13. The summed E-state index contributed by atoms with van der Waals surface area (Å²) in [5.74, 6) is -0.0692. The number of rotatable bonds is 2. The van der Waals surface area contributed by atoms with E-state index in [1.807, 2.05) is 4.90 Å². The Labute approximate surface area is 136 Å². The first-order valence-electron chi connectivity index (χ1n) is 8.22. The Morgan fingerprint density at radius 2 is 1.61 bits per heavy atom. The van der Waals surface area contributed by atoms with Crippen LogP contribution in [0.4, 0.5) is 4.39 Å². The second-order valence-corrected chi connectivity index (χ2v) is 7.22. The molecule has 0 bridgehead atoms. The molecule has 3 rings (SSSR count). The van der Waals surface area contributed by atoms with Gasteiger partial charge in [-0.1, -0.05) is 13.8 Å². The molecule has 1 aromatic carbocycles. The lowest BCUT2D eigenvalue weighted by Crippen LogP contribution is -2.38. The zero-order valence-corrected chi connectivity index (χ0v) is 13.7. The van der Waals surface area contributed by atoms with Gasteiger partial charge in [0.25, 0.3) is 5.91 Å². The van der Waals surface area contributed by atoms with E-state index in [0.29, 0.717) is 31.7 Å². The van der Waals surface area contributed by atoms with Gasteiger partial charge in [0.05, 0.1) is 0 Å². The fourth-order valence-corrected chi connectivity index (χ4v) is 3.23. The largest absolute Gasteiger partial charge is 0.341 e. The Bertz CT molecular complexity index is 612. The van der Waals surface area contributed by atoms with Gasteiger partial charge in [0, 0.05) is 37.7 Å². The van der Waals surface area contributed by atoms with Gasteiger partial charge in [0.1, 0.15) is 5.82 Å². The van der Waals surface area contributed by atoms with Gasteiger partial charge in [-0.2, -0.15) is 0 Å². The second kappa shape index (κ2) is 5.95. The summed E-state index contributed by atoms with van der Waals surface area (Å²) in [6, 6.07) is 5.63. The number of hydrogen-bond acceptors (Lipinski definition) is 2. The van der Waals surface area contributed by atoms with Gasteiger partial charge in [0.2, 0.25) is 5.91 Å². The van der Waals surface area contributed by atoms with Crippen LogP contribution in [0.25, 0.3) is 0 Å². The number of carbonyl (C=O) groups excluding carboxylic acids is 2. The molecule has 1 aliphatic heterocycles. The molecule has 2 amide bonds. The number of hydrogen-bond donors (Lipinski definition) is 0. The van der Waals surface area contributed by atoms with E-state index in [2.05, 4.69) is 13.8 Å². The van der Waals surface area contributed by atoms with E-state index < -0.39 is 0 Å². The van der Waals surface area contributed by atoms with Crippen LogP contribution in [0, 0.1) is 17.2 Å². The zero-order chi connectivity index (χ0) is 16.6. The molecular weight excluding hydrogens is 295 g/mol. The fraction of sp³-hybridized carbons (Fsp3) is 0.556. The van der Waals surface area contributed by atoms with Crippen LogP contribution >= 0.6 is 0 Å². The van der Waals surface area contributed by atoms with Crippen LogP contribution < -0.4 is 0 Å². The smallest absolute Gasteiger partial charge is 0.253 e.